The van der Waals surface area contributed by atoms with Crippen LogP contribution in [0.15, 0.2) is 29.1 Å². The van der Waals surface area contributed by atoms with Gasteiger partial charge >= 0.3 is 0 Å². The van der Waals surface area contributed by atoms with Crippen molar-refractivity contribution in [1.82, 2.24) is 30.3 Å². The number of amides is 1. The van der Waals surface area contributed by atoms with Crippen LogP contribution in [0, 0.1) is 5.82 Å². The van der Waals surface area contributed by atoms with Crippen molar-refractivity contribution in [1.29, 1.82) is 0 Å². The van der Waals surface area contributed by atoms with Gasteiger partial charge in [0.2, 0.25) is 5.82 Å². The molecule has 8 nitrogen and oxygen atoms in total. The van der Waals surface area contributed by atoms with Gasteiger partial charge in [0, 0.05) is 6.04 Å². The molecule has 1 amide bonds. The summed E-state index contributed by atoms with van der Waals surface area (Å²) >= 11 is 0. The Balaban J connectivity index is 1.96. The zero-order chi connectivity index (χ0) is 18.0. The molecule has 1 aromatic carbocycles. The van der Waals surface area contributed by atoms with E-state index in [1.165, 1.54) is 16.8 Å². The second kappa shape index (κ2) is 6.80. The first-order valence-electron chi connectivity index (χ1n) is 7.86. The highest BCUT2D eigenvalue weighted by molar-refractivity contribution is 5.91. The van der Waals surface area contributed by atoms with Crippen molar-refractivity contribution in [2.24, 2.45) is 0 Å². The average Bonchev–Trinajstić information content (AvgIpc) is 3.00. The van der Waals surface area contributed by atoms with Gasteiger partial charge in [-0.25, -0.2) is 14.1 Å². The van der Waals surface area contributed by atoms with Gasteiger partial charge in [0.25, 0.3) is 11.5 Å². The molecule has 0 saturated heterocycles. The standard InChI is InChI=1S/C16H17FN6O2/c1-3-9(2)18-16(25)13-19-14-12(15(24)20-13)21-22-23(14)8-10-4-6-11(17)7-5-10/h4-7,9H,3,8H2,1-2H3,(H,18,25)(H,19,20,24)/t9-/m0/s1. The molecule has 2 heterocycles. The van der Waals surface area contributed by atoms with Crippen molar-refractivity contribution in [3.05, 3.63) is 51.8 Å². The number of carbonyl (C=O) groups is 1. The van der Waals surface area contributed by atoms with Crippen LogP contribution in [-0.4, -0.2) is 36.9 Å². The molecule has 3 rings (SSSR count). The summed E-state index contributed by atoms with van der Waals surface area (Å²) in [5, 5.41) is 10.5. The van der Waals surface area contributed by atoms with E-state index in [1.54, 1.807) is 12.1 Å². The Kier molecular flexibility index (Phi) is 4.55. The maximum atomic E-state index is 13.0. The van der Waals surface area contributed by atoms with E-state index in [2.05, 4.69) is 25.6 Å². The Labute approximate surface area is 142 Å². The summed E-state index contributed by atoms with van der Waals surface area (Å²) in [6, 6.07) is 5.83. The van der Waals surface area contributed by atoms with Gasteiger partial charge in [-0.3, -0.25) is 9.59 Å². The Hall–Kier alpha value is -3.10. The average molecular weight is 344 g/mol. The summed E-state index contributed by atoms with van der Waals surface area (Å²) in [5.41, 5.74) is 0.468. The highest BCUT2D eigenvalue weighted by Gasteiger charge is 2.17. The van der Waals surface area contributed by atoms with E-state index in [-0.39, 0.29) is 35.4 Å². The quantitative estimate of drug-likeness (QED) is 0.724. The smallest absolute Gasteiger partial charge is 0.287 e. The number of rotatable bonds is 5. The molecule has 0 radical (unpaired) electrons. The normalized spacial score (nSPS) is 12.3. The number of nitrogens with zero attached hydrogens (tertiary/aromatic N) is 4. The van der Waals surface area contributed by atoms with Gasteiger partial charge in [0.05, 0.1) is 6.54 Å². The number of benzene rings is 1. The molecule has 0 spiro atoms. The summed E-state index contributed by atoms with van der Waals surface area (Å²) < 4.78 is 14.4. The van der Waals surface area contributed by atoms with Crippen molar-refractivity contribution >= 4 is 17.1 Å². The summed E-state index contributed by atoms with van der Waals surface area (Å²) in [5.74, 6) is -0.908. The van der Waals surface area contributed by atoms with Crippen LogP contribution in [0.1, 0.15) is 36.5 Å². The molecular formula is C16H17FN6O2. The number of nitrogens with one attached hydrogen (secondary N) is 2. The summed E-state index contributed by atoms with van der Waals surface area (Å²) in [6.45, 7) is 4.04. The third-order valence-corrected chi connectivity index (χ3v) is 3.82. The van der Waals surface area contributed by atoms with Crippen LogP contribution in [0.3, 0.4) is 0 Å². The lowest BCUT2D eigenvalue weighted by molar-refractivity contribution is 0.0928. The molecule has 3 aromatic rings. The SMILES string of the molecule is CC[C@H](C)NC(=O)c1nc2c(nnn2Cc2ccc(F)cc2)c(=O)[nH]1. The van der Waals surface area contributed by atoms with Crippen LogP contribution in [0.2, 0.25) is 0 Å². The van der Waals surface area contributed by atoms with Crippen molar-refractivity contribution < 1.29 is 9.18 Å². The van der Waals surface area contributed by atoms with Crippen LogP contribution in [0.25, 0.3) is 11.2 Å². The van der Waals surface area contributed by atoms with Crippen LogP contribution >= 0.6 is 0 Å². The molecule has 1 atom stereocenters. The van der Waals surface area contributed by atoms with Crippen LogP contribution in [0.4, 0.5) is 4.39 Å². The summed E-state index contributed by atoms with van der Waals surface area (Å²) in [6.07, 6.45) is 0.752. The number of aromatic amines is 1. The Morgan fingerprint density at radius 2 is 2.08 bits per heavy atom. The Morgan fingerprint density at radius 3 is 2.76 bits per heavy atom. The van der Waals surface area contributed by atoms with E-state index in [0.717, 1.165) is 12.0 Å². The van der Waals surface area contributed by atoms with Gasteiger partial charge in [-0.05, 0) is 31.0 Å². The number of fused-ring (bicyclic) bond motifs is 1. The molecule has 25 heavy (non-hydrogen) atoms. The summed E-state index contributed by atoms with van der Waals surface area (Å²) in [4.78, 5) is 30.9. The molecule has 0 saturated carbocycles. The minimum absolute atomic E-state index is 0.0437. The van der Waals surface area contributed by atoms with E-state index in [9.17, 15) is 14.0 Å². The molecule has 0 aliphatic rings. The van der Waals surface area contributed by atoms with E-state index >= 15 is 0 Å². The van der Waals surface area contributed by atoms with Gasteiger partial charge in [-0.2, -0.15) is 0 Å². The van der Waals surface area contributed by atoms with Crippen LogP contribution < -0.4 is 10.9 Å². The minimum atomic E-state index is -0.537. The van der Waals surface area contributed by atoms with Crippen molar-refractivity contribution in [3.63, 3.8) is 0 Å². The first-order chi connectivity index (χ1) is 12.0. The molecule has 0 bridgehead atoms. The molecule has 0 aliphatic carbocycles. The predicted octanol–water partition coefficient (Wildman–Crippen LogP) is 1.23. The molecule has 130 valence electrons. The fourth-order valence-corrected chi connectivity index (χ4v) is 2.24. The number of halogens is 1. The summed E-state index contributed by atoms with van der Waals surface area (Å²) in [7, 11) is 0. The largest absolute Gasteiger partial charge is 0.347 e. The maximum absolute atomic E-state index is 13.0. The van der Waals surface area contributed by atoms with Crippen molar-refractivity contribution in [3.8, 4) is 0 Å². The van der Waals surface area contributed by atoms with Crippen molar-refractivity contribution in [2.45, 2.75) is 32.9 Å². The highest BCUT2D eigenvalue weighted by Crippen LogP contribution is 2.09. The third kappa shape index (κ3) is 3.54. The Bertz CT molecular complexity index is 963. The number of hydrogen-bond acceptors (Lipinski definition) is 5. The molecule has 0 fully saturated rings. The van der Waals surface area contributed by atoms with Gasteiger partial charge in [0.1, 0.15) is 5.82 Å². The van der Waals surface area contributed by atoms with Gasteiger partial charge in [-0.15, -0.1) is 5.10 Å². The second-order valence-electron chi connectivity index (χ2n) is 5.74. The molecule has 2 aromatic heterocycles. The number of aromatic nitrogens is 5. The van der Waals surface area contributed by atoms with E-state index in [1.807, 2.05) is 13.8 Å². The highest BCUT2D eigenvalue weighted by atomic mass is 19.1. The fourth-order valence-electron chi connectivity index (χ4n) is 2.24. The first kappa shape index (κ1) is 16.7. The lowest BCUT2D eigenvalue weighted by Crippen LogP contribution is -2.34. The monoisotopic (exact) mass is 344 g/mol. The minimum Gasteiger partial charge on any atom is -0.347 e. The zero-order valence-corrected chi connectivity index (χ0v) is 13.8. The zero-order valence-electron chi connectivity index (χ0n) is 13.8. The fraction of sp³-hybridized carbons (Fsp3) is 0.312. The Morgan fingerprint density at radius 1 is 1.36 bits per heavy atom. The van der Waals surface area contributed by atoms with Crippen molar-refractivity contribution in [2.75, 3.05) is 0 Å². The number of H-pyrrole nitrogens is 1. The van der Waals surface area contributed by atoms with E-state index in [0.29, 0.717) is 0 Å². The van der Waals surface area contributed by atoms with Gasteiger partial charge in [-0.1, -0.05) is 24.3 Å². The topological polar surface area (TPSA) is 106 Å². The van der Waals surface area contributed by atoms with Gasteiger partial charge in [0.15, 0.2) is 11.2 Å². The van der Waals surface area contributed by atoms with Gasteiger partial charge < -0.3 is 10.3 Å². The molecular weight excluding hydrogens is 327 g/mol. The predicted molar refractivity (Wildman–Crippen MR) is 88.7 cm³/mol. The van der Waals surface area contributed by atoms with E-state index in [4.69, 9.17) is 0 Å². The number of hydrogen-bond donors (Lipinski definition) is 2. The first-order valence-corrected chi connectivity index (χ1v) is 7.86. The molecule has 9 heteroatoms. The number of carbonyl (C=O) groups excluding carboxylic acids is 1. The maximum Gasteiger partial charge on any atom is 0.287 e. The lowest BCUT2D eigenvalue weighted by atomic mass is 10.2. The van der Waals surface area contributed by atoms with Crippen LogP contribution in [-0.2, 0) is 6.54 Å². The second-order valence-corrected chi connectivity index (χ2v) is 5.74. The lowest BCUT2D eigenvalue weighted by Gasteiger charge is -2.10. The van der Waals surface area contributed by atoms with E-state index < -0.39 is 11.5 Å². The molecule has 0 unspecified atom stereocenters. The molecule has 2 N–H and O–H groups in total. The molecule has 0 aliphatic heterocycles. The third-order valence-electron chi connectivity index (χ3n) is 3.82. The van der Waals surface area contributed by atoms with Crippen LogP contribution in [0.5, 0.6) is 0 Å².